The predicted octanol–water partition coefficient (Wildman–Crippen LogP) is 3.43. The van der Waals surface area contributed by atoms with E-state index < -0.39 is 0 Å². The van der Waals surface area contributed by atoms with Gasteiger partial charge in [-0.3, -0.25) is 0 Å². The first-order chi connectivity index (χ1) is 8.74. The first-order valence-corrected chi connectivity index (χ1v) is 7.82. The minimum atomic E-state index is 0.896. The number of anilines is 1. The number of aryl methyl sites for hydroxylation is 1. The Morgan fingerprint density at radius 1 is 1.17 bits per heavy atom. The van der Waals surface area contributed by atoms with Crippen LogP contribution in [0.4, 0.5) is 5.82 Å². The molecule has 1 aromatic heterocycles. The average Bonchev–Trinajstić information content (AvgIpc) is 3.22. The van der Waals surface area contributed by atoms with Crippen LogP contribution in [-0.2, 0) is 6.42 Å². The van der Waals surface area contributed by atoms with Crippen LogP contribution in [0.15, 0.2) is 10.7 Å². The summed E-state index contributed by atoms with van der Waals surface area (Å²) in [7, 11) is 0. The summed E-state index contributed by atoms with van der Waals surface area (Å²) in [6.45, 7) is 4.48. The van der Waals surface area contributed by atoms with Gasteiger partial charge < -0.3 is 4.90 Å². The molecule has 2 saturated carbocycles. The van der Waals surface area contributed by atoms with Crippen LogP contribution in [0.2, 0.25) is 0 Å². The molecule has 98 valence electrons. The largest absolute Gasteiger partial charge is 0.356 e. The third-order valence-corrected chi connectivity index (χ3v) is 4.13. The van der Waals surface area contributed by atoms with E-state index in [1.54, 1.807) is 0 Å². The monoisotopic (exact) mass is 309 g/mol. The highest BCUT2D eigenvalue weighted by molar-refractivity contribution is 9.10. The van der Waals surface area contributed by atoms with Crippen molar-refractivity contribution in [1.29, 1.82) is 0 Å². The zero-order valence-corrected chi connectivity index (χ0v) is 12.5. The second-order valence-corrected chi connectivity index (χ2v) is 6.42. The van der Waals surface area contributed by atoms with E-state index in [2.05, 4.69) is 38.8 Å². The highest BCUT2D eigenvalue weighted by Crippen LogP contribution is 2.35. The smallest absolute Gasteiger partial charge is 0.133 e. The molecule has 0 spiro atoms. The molecule has 2 fully saturated rings. The summed E-state index contributed by atoms with van der Waals surface area (Å²) < 4.78 is 0.918. The van der Waals surface area contributed by atoms with E-state index in [-0.39, 0.29) is 0 Å². The van der Waals surface area contributed by atoms with Crippen molar-refractivity contribution >= 4 is 21.7 Å². The molecule has 0 aliphatic heterocycles. The van der Waals surface area contributed by atoms with Crippen LogP contribution in [0.5, 0.6) is 0 Å². The molecule has 0 N–H and O–H groups in total. The third-order valence-electron chi connectivity index (χ3n) is 3.72. The van der Waals surface area contributed by atoms with Crippen molar-refractivity contribution < 1.29 is 0 Å². The highest BCUT2D eigenvalue weighted by Gasteiger charge is 2.30. The van der Waals surface area contributed by atoms with Crippen molar-refractivity contribution in [3.8, 4) is 0 Å². The fourth-order valence-electron chi connectivity index (χ4n) is 2.26. The molecule has 0 bridgehead atoms. The summed E-state index contributed by atoms with van der Waals surface area (Å²) in [5.74, 6) is 3.87. The predicted molar refractivity (Wildman–Crippen MR) is 76.8 cm³/mol. The second-order valence-electron chi connectivity index (χ2n) is 5.61. The lowest BCUT2D eigenvalue weighted by Gasteiger charge is -2.24. The molecule has 0 atom stereocenters. The van der Waals surface area contributed by atoms with E-state index in [4.69, 9.17) is 4.98 Å². The van der Waals surface area contributed by atoms with Gasteiger partial charge in [-0.15, -0.1) is 0 Å². The Hall–Kier alpha value is -0.640. The van der Waals surface area contributed by atoms with E-state index in [0.717, 1.165) is 34.5 Å². The van der Waals surface area contributed by atoms with Gasteiger partial charge in [-0.05, 0) is 53.4 Å². The first kappa shape index (κ1) is 12.4. The lowest BCUT2D eigenvalue weighted by atomic mass is 10.3. The maximum absolute atomic E-state index is 4.70. The van der Waals surface area contributed by atoms with Crippen LogP contribution >= 0.6 is 15.9 Å². The van der Waals surface area contributed by atoms with Crippen LogP contribution in [0.1, 0.15) is 38.4 Å². The summed E-state index contributed by atoms with van der Waals surface area (Å²) in [6.07, 6.45) is 6.48. The van der Waals surface area contributed by atoms with E-state index in [0.29, 0.717) is 0 Å². The molecular weight excluding hydrogens is 290 g/mol. The van der Waals surface area contributed by atoms with Crippen molar-refractivity contribution in [2.24, 2.45) is 11.8 Å². The SMILES string of the molecule is CCc1nc(Br)cc(N(CC2CC2)CC2CC2)n1. The quantitative estimate of drug-likeness (QED) is 0.754. The van der Waals surface area contributed by atoms with Crippen molar-refractivity contribution in [3.63, 3.8) is 0 Å². The zero-order chi connectivity index (χ0) is 12.5. The number of nitrogens with zero attached hydrogens (tertiary/aromatic N) is 3. The number of rotatable bonds is 6. The fraction of sp³-hybridized carbons (Fsp3) is 0.714. The van der Waals surface area contributed by atoms with Gasteiger partial charge in [-0.2, -0.15) is 0 Å². The summed E-state index contributed by atoms with van der Waals surface area (Å²) in [5.41, 5.74) is 0. The van der Waals surface area contributed by atoms with Gasteiger partial charge in [0.25, 0.3) is 0 Å². The van der Waals surface area contributed by atoms with Crippen LogP contribution in [-0.4, -0.2) is 23.1 Å². The van der Waals surface area contributed by atoms with Crippen molar-refractivity contribution in [2.75, 3.05) is 18.0 Å². The van der Waals surface area contributed by atoms with Gasteiger partial charge in [-0.1, -0.05) is 6.92 Å². The Labute approximate surface area is 117 Å². The topological polar surface area (TPSA) is 29.0 Å². The molecule has 0 aromatic carbocycles. The van der Waals surface area contributed by atoms with E-state index in [9.17, 15) is 0 Å². The zero-order valence-electron chi connectivity index (χ0n) is 10.9. The molecule has 0 radical (unpaired) electrons. The Bertz CT molecular complexity index is 413. The number of halogens is 1. The standard InChI is InChI=1S/C14H20BrN3/c1-2-13-16-12(15)7-14(17-13)18(8-10-3-4-10)9-11-5-6-11/h7,10-11H,2-6,8-9H2,1H3. The average molecular weight is 310 g/mol. The maximum Gasteiger partial charge on any atom is 0.133 e. The molecule has 1 heterocycles. The summed E-state index contributed by atoms with van der Waals surface area (Å²) in [5, 5.41) is 0. The van der Waals surface area contributed by atoms with E-state index >= 15 is 0 Å². The Morgan fingerprint density at radius 3 is 2.28 bits per heavy atom. The number of aromatic nitrogens is 2. The fourth-order valence-corrected chi connectivity index (χ4v) is 2.67. The summed E-state index contributed by atoms with van der Waals surface area (Å²) in [4.78, 5) is 11.6. The molecular formula is C14H20BrN3. The van der Waals surface area contributed by atoms with Crippen molar-refractivity contribution in [3.05, 3.63) is 16.5 Å². The molecule has 3 nitrogen and oxygen atoms in total. The van der Waals surface area contributed by atoms with Gasteiger partial charge in [0.05, 0.1) is 0 Å². The molecule has 0 unspecified atom stereocenters. The minimum Gasteiger partial charge on any atom is -0.356 e. The normalized spacial score (nSPS) is 19.0. The van der Waals surface area contributed by atoms with Crippen LogP contribution in [0.3, 0.4) is 0 Å². The minimum absolute atomic E-state index is 0.896. The van der Waals surface area contributed by atoms with Crippen LogP contribution in [0.25, 0.3) is 0 Å². The Morgan fingerprint density at radius 2 is 1.78 bits per heavy atom. The van der Waals surface area contributed by atoms with Gasteiger partial charge in [0.1, 0.15) is 16.2 Å². The van der Waals surface area contributed by atoms with Gasteiger partial charge in [-0.25, -0.2) is 9.97 Å². The molecule has 4 heteroatoms. The molecule has 1 aromatic rings. The third kappa shape index (κ3) is 3.22. The molecule has 0 amide bonds. The Kier molecular flexibility index (Phi) is 3.55. The van der Waals surface area contributed by atoms with Gasteiger partial charge >= 0.3 is 0 Å². The lowest BCUT2D eigenvalue weighted by Crippen LogP contribution is -2.29. The molecule has 2 aliphatic carbocycles. The van der Waals surface area contributed by atoms with Crippen LogP contribution in [0, 0.1) is 11.8 Å². The van der Waals surface area contributed by atoms with E-state index in [1.807, 2.05) is 0 Å². The van der Waals surface area contributed by atoms with Gasteiger partial charge in [0.15, 0.2) is 0 Å². The number of hydrogen-bond acceptors (Lipinski definition) is 3. The lowest BCUT2D eigenvalue weighted by molar-refractivity contribution is 0.667. The first-order valence-electron chi connectivity index (χ1n) is 7.03. The Balaban J connectivity index is 1.79. The maximum atomic E-state index is 4.70. The highest BCUT2D eigenvalue weighted by atomic mass is 79.9. The van der Waals surface area contributed by atoms with Gasteiger partial charge in [0, 0.05) is 25.6 Å². The van der Waals surface area contributed by atoms with Gasteiger partial charge in [0.2, 0.25) is 0 Å². The second kappa shape index (κ2) is 5.16. The van der Waals surface area contributed by atoms with Crippen LogP contribution < -0.4 is 4.90 Å². The summed E-state index contributed by atoms with van der Waals surface area (Å²) in [6, 6.07) is 2.07. The molecule has 0 saturated heterocycles. The molecule has 3 rings (SSSR count). The van der Waals surface area contributed by atoms with E-state index in [1.165, 1.54) is 38.8 Å². The number of hydrogen-bond donors (Lipinski definition) is 0. The molecule has 2 aliphatic rings. The summed E-state index contributed by atoms with van der Waals surface area (Å²) >= 11 is 3.51. The molecule has 18 heavy (non-hydrogen) atoms. The van der Waals surface area contributed by atoms with Crippen molar-refractivity contribution in [2.45, 2.75) is 39.0 Å². The van der Waals surface area contributed by atoms with Crippen molar-refractivity contribution in [1.82, 2.24) is 9.97 Å².